The predicted octanol–water partition coefficient (Wildman–Crippen LogP) is 3.49. The summed E-state index contributed by atoms with van der Waals surface area (Å²) < 4.78 is 39.4. The number of sulfonamides is 1. The van der Waals surface area contributed by atoms with Crippen molar-refractivity contribution in [3.63, 3.8) is 0 Å². The first-order valence-corrected chi connectivity index (χ1v) is 11.8. The second-order valence-corrected chi connectivity index (χ2v) is 10.8. The lowest BCUT2D eigenvalue weighted by Gasteiger charge is -2.40. The molecule has 1 aliphatic heterocycles. The van der Waals surface area contributed by atoms with Gasteiger partial charge in [0.15, 0.2) is 0 Å². The smallest absolute Gasteiger partial charge is 0.411 e. The fourth-order valence-electron chi connectivity index (χ4n) is 3.31. The Labute approximate surface area is 193 Å². The standard InChI is InChI=1S/C23H27N3O6S/c1-15-21(13-27)32-20-9-8-17(25-22(28)31-14-23(2,3)4)11-19(20)26(15)33(29,30)18-7-5-6-16(10-18)12-24/h5-11,15,21,27H,13-14H2,1-4H3,(H,25,28)/t15-,21+/m1/s1. The molecule has 2 aromatic rings. The molecule has 2 atom stereocenters. The van der Waals surface area contributed by atoms with Gasteiger partial charge in [0, 0.05) is 5.69 Å². The summed E-state index contributed by atoms with van der Waals surface area (Å²) in [4.78, 5) is 12.1. The molecule has 1 aliphatic rings. The van der Waals surface area contributed by atoms with Crippen LogP contribution in [0, 0.1) is 16.7 Å². The topological polar surface area (TPSA) is 129 Å². The molecular formula is C23H27N3O6S. The average Bonchev–Trinajstić information content (AvgIpc) is 2.76. The molecule has 0 bridgehead atoms. The molecule has 0 radical (unpaired) electrons. The highest BCUT2D eigenvalue weighted by Crippen LogP contribution is 2.41. The maximum atomic E-state index is 13.6. The number of nitriles is 1. The van der Waals surface area contributed by atoms with Gasteiger partial charge in [-0.25, -0.2) is 13.2 Å². The molecule has 176 valence electrons. The number of anilines is 2. The number of carbonyl (C=O) groups is 1. The SMILES string of the molecule is C[C@@H]1[C@H](CO)Oc2ccc(NC(=O)OCC(C)(C)C)cc2N1S(=O)(=O)c1cccc(C#N)c1. The lowest BCUT2D eigenvalue weighted by molar-refractivity contribution is 0.0925. The maximum Gasteiger partial charge on any atom is 0.411 e. The Morgan fingerprint density at radius 2 is 2.00 bits per heavy atom. The zero-order valence-electron chi connectivity index (χ0n) is 18.9. The van der Waals surface area contributed by atoms with Gasteiger partial charge in [0.1, 0.15) is 11.9 Å². The first-order valence-electron chi connectivity index (χ1n) is 10.4. The lowest BCUT2D eigenvalue weighted by Crippen LogP contribution is -2.52. The molecule has 0 saturated heterocycles. The summed E-state index contributed by atoms with van der Waals surface area (Å²) in [7, 11) is -4.13. The van der Waals surface area contributed by atoms with Crippen LogP contribution in [-0.2, 0) is 14.8 Å². The van der Waals surface area contributed by atoms with Gasteiger partial charge in [-0.15, -0.1) is 0 Å². The Morgan fingerprint density at radius 1 is 1.27 bits per heavy atom. The van der Waals surface area contributed by atoms with Crippen LogP contribution in [-0.4, -0.2) is 45.0 Å². The van der Waals surface area contributed by atoms with Gasteiger partial charge in [0.2, 0.25) is 0 Å². The average molecular weight is 474 g/mol. The minimum absolute atomic E-state index is 0.0686. The van der Waals surface area contributed by atoms with Gasteiger partial charge in [-0.2, -0.15) is 5.26 Å². The van der Waals surface area contributed by atoms with Crippen LogP contribution in [0.5, 0.6) is 5.75 Å². The quantitative estimate of drug-likeness (QED) is 0.680. The van der Waals surface area contributed by atoms with E-state index in [0.29, 0.717) is 5.69 Å². The van der Waals surface area contributed by atoms with Crippen LogP contribution in [0.4, 0.5) is 16.2 Å². The van der Waals surface area contributed by atoms with Crippen molar-refractivity contribution in [3.05, 3.63) is 48.0 Å². The molecule has 33 heavy (non-hydrogen) atoms. The highest BCUT2D eigenvalue weighted by atomic mass is 32.2. The van der Waals surface area contributed by atoms with E-state index in [-0.39, 0.29) is 33.9 Å². The summed E-state index contributed by atoms with van der Waals surface area (Å²) in [5.74, 6) is 0.237. The van der Waals surface area contributed by atoms with Crippen LogP contribution < -0.4 is 14.4 Å². The Kier molecular flexibility index (Phi) is 6.86. The molecule has 2 aromatic carbocycles. The molecule has 10 heteroatoms. The molecule has 9 nitrogen and oxygen atoms in total. The number of fused-ring (bicyclic) bond motifs is 1. The van der Waals surface area contributed by atoms with Gasteiger partial charge in [0.25, 0.3) is 10.0 Å². The molecule has 0 saturated carbocycles. The van der Waals surface area contributed by atoms with Crippen molar-refractivity contribution >= 4 is 27.5 Å². The number of aliphatic hydroxyl groups is 1. The molecule has 0 unspecified atom stereocenters. The van der Waals surface area contributed by atoms with E-state index in [9.17, 15) is 23.6 Å². The van der Waals surface area contributed by atoms with Crippen molar-refractivity contribution < 1.29 is 27.8 Å². The van der Waals surface area contributed by atoms with Crippen LogP contribution in [0.1, 0.15) is 33.3 Å². The third-order valence-corrected chi connectivity index (χ3v) is 6.86. The monoisotopic (exact) mass is 473 g/mol. The number of nitrogens with zero attached hydrogens (tertiary/aromatic N) is 2. The molecule has 2 N–H and O–H groups in total. The number of benzene rings is 2. The minimum atomic E-state index is -4.13. The largest absolute Gasteiger partial charge is 0.484 e. The number of hydrogen-bond acceptors (Lipinski definition) is 7. The van der Waals surface area contributed by atoms with Crippen molar-refractivity contribution in [1.82, 2.24) is 0 Å². The van der Waals surface area contributed by atoms with Crippen LogP contribution in [0.25, 0.3) is 0 Å². The van der Waals surface area contributed by atoms with E-state index in [1.165, 1.54) is 36.4 Å². The molecule has 1 amide bonds. The van der Waals surface area contributed by atoms with Gasteiger partial charge in [-0.05, 0) is 48.7 Å². The van der Waals surface area contributed by atoms with Crippen LogP contribution in [0.15, 0.2) is 47.4 Å². The van der Waals surface area contributed by atoms with Crippen molar-refractivity contribution in [2.75, 3.05) is 22.8 Å². The van der Waals surface area contributed by atoms with Crippen LogP contribution >= 0.6 is 0 Å². The molecule has 0 aliphatic carbocycles. The molecular weight excluding hydrogens is 446 g/mol. The van der Waals surface area contributed by atoms with Crippen molar-refractivity contribution in [3.8, 4) is 11.8 Å². The number of ether oxygens (including phenoxy) is 2. The molecule has 3 rings (SSSR count). The van der Waals surface area contributed by atoms with E-state index < -0.39 is 34.9 Å². The third-order valence-electron chi connectivity index (χ3n) is 4.97. The van der Waals surface area contributed by atoms with Crippen molar-refractivity contribution in [2.45, 2.75) is 44.7 Å². The van der Waals surface area contributed by atoms with Gasteiger partial charge in [-0.1, -0.05) is 26.8 Å². The Bertz CT molecular complexity index is 1180. The Hall–Kier alpha value is -3.29. The van der Waals surface area contributed by atoms with Crippen molar-refractivity contribution in [1.29, 1.82) is 5.26 Å². The first-order chi connectivity index (χ1) is 15.5. The summed E-state index contributed by atoms with van der Waals surface area (Å²) in [6, 6.07) is 11.4. The number of nitrogens with one attached hydrogen (secondary N) is 1. The highest BCUT2D eigenvalue weighted by molar-refractivity contribution is 7.92. The van der Waals surface area contributed by atoms with E-state index in [2.05, 4.69) is 5.32 Å². The van der Waals surface area contributed by atoms with Gasteiger partial charge >= 0.3 is 6.09 Å². The number of amides is 1. The summed E-state index contributed by atoms with van der Waals surface area (Å²) in [5.41, 5.74) is 0.506. The second-order valence-electron chi connectivity index (χ2n) is 8.96. The van der Waals surface area contributed by atoms with Crippen molar-refractivity contribution in [2.24, 2.45) is 5.41 Å². The first kappa shape index (κ1) is 24.4. The Balaban J connectivity index is 2.00. The van der Waals surface area contributed by atoms with E-state index in [1.807, 2.05) is 26.8 Å². The summed E-state index contributed by atoms with van der Waals surface area (Å²) >= 11 is 0. The molecule has 1 heterocycles. The van der Waals surface area contributed by atoms with E-state index >= 15 is 0 Å². The van der Waals surface area contributed by atoms with Gasteiger partial charge < -0.3 is 14.6 Å². The fraction of sp³-hybridized carbons (Fsp3) is 0.391. The van der Waals surface area contributed by atoms with E-state index in [0.717, 1.165) is 4.31 Å². The number of hydrogen-bond donors (Lipinski definition) is 2. The predicted molar refractivity (Wildman–Crippen MR) is 123 cm³/mol. The zero-order valence-corrected chi connectivity index (χ0v) is 19.7. The molecule has 0 spiro atoms. The second kappa shape index (κ2) is 9.29. The Morgan fingerprint density at radius 3 is 2.64 bits per heavy atom. The third kappa shape index (κ3) is 5.38. The molecule has 0 fully saturated rings. The minimum Gasteiger partial charge on any atom is -0.484 e. The number of aliphatic hydroxyl groups excluding tert-OH is 1. The van der Waals surface area contributed by atoms with Gasteiger partial charge in [-0.3, -0.25) is 9.62 Å². The fourth-order valence-corrected chi connectivity index (χ4v) is 5.04. The summed E-state index contributed by atoms with van der Waals surface area (Å²) in [5, 5.41) is 21.5. The zero-order chi connectivity index (χ0) is 24.4. The lowest BCUT2D eigenvalue weighted by atomic mass is 9.99. The van der Waals surface area contributed by atoms with Crippen LogP contribution in [0.2, 0.25) is 0 Å². The van der Waals surface area contributed by atoms with E-state index in [4.69, 9.17) is 9.47 Å². The highest BCUT2D eigenvalue weighted by Gasteiger charge is 2.40. The van der Waals surface area contributed by atoms with Gasteiger partial charge in [0.05, 0.1) is 41.5 Å². The maximum absolute atomic E-state index is 13.6. The summed E-state index contributed by atoms with van der Waals surface area (Å²) in [6.07, 6.45) is -1.47. The number of carbonyl (C=O) groups excluding carboxylic acids is 1. The molecule has 0 aromatic heterocycles. The summed E-state index contributed by atoms with van der Waals surface area (Å²) in [6.45, 7) is 7.22. The number of rotatable bonds is 5. The van der Waals surface area contributed by atoms with E-state index in [1.54, 1.807) is 13.0 Å². The van der Waals surface area contributed by atoms with Crippen LogP contribution in [0.3, 0.4) is 0 Å². The normalized spacial score (nSPS) is 18.0.